The van der Waals surface area contributed by atoms with Gasteiger partial charge in [-0.25, -0.2) is 4.98 Å². The van der Waals surface area contributed by atoms with Crippen LogP contribution < -0.4 is 5.32 Å². The molecule has 1 aliphatic carbocycles. The minimum atomic E-state index is 0.487. The molecule has 2 nitrogen and oxygen atoms in total. The maximum atomic E-state index is 4.74. The van der Waals surface area contributed by atoms with Gasteiger partial charge in [0.2, 0.25) is 0 Å². The average molecular weight is 224 g/mol. The molecule has 1 heterocycles. The molecule has 0 spiro atoms. The molecule has 1 fully saturated rings. The fourth-order valence-electron chi connectivity index (χ4n) is 1.83. The van der Waals surface area contributed by atoms with E-state index in [0.717, 1.165) is 18.9 Å². The summed E-state index contributed by atoms with van der Waals surface area (Å²) in [4.78, 5) is 6.13. The van der Waals surface area contributed by atoms with Crippen molar-refractivity contribution in [1.29, 1.82) is 0 Å². The number of nitrogens with zero attached hydrogens (tertiary/aromatic N) is 1. The van der Waals surface area contributed by atoms with Gasteiger partial charge in [0.25, 0.3) is 0 Å². The third kappa shape index (κ3) is 2.58. The van der Waals surface area contributed by atoms with Crippen molar-refractivity contribution in [3.8, 4) is 0 Å². The number of hydrogen-bond donors (Lipinski definition) is 1. The van der Waals surface area contributed by atoms with Crippen molar-refractivity contribution in [2.24, 2.45) is 0 Å². The molecule has 1 saturated carbocycles. The lowest BCUT2D eigenvalue weighted by molar-refractivity contribution is 0.513. The van der Waals surface area contributed by atoms with Gasteiger partial charge in [0, 0.05) is 10.9 Å². The number of thiazole rings is 1. The Hall–Kier alpha value is -0.410. The average Bonchev–Trinajstić information content (AvgIpc) is 2.98. The highest BCUT2D eigenvalue weighted by Gasteiger charge is 2.26. The highest BCUT2D eigenvalue weighted by Crippen LogP contribution is 2.29. The van der Waals surface area contributed by atoms with Crippen molar-refractivity contribution >= 4 is 11.3 Å². The molecule has 0 amide bonds. The van der Waals surface area contributed by atoms with Crippen molar-refractivity contribution in [2.75, 3.05) is 0 Å². The molecule has 15 heavy (non-hydrogen) atoms. The maximum Gasteiger partial charge on any atom is 0.110 e. The fourth-order valence-corrected chi connectivity index (χ4v) is 2.98. The predicted octanol–water partition coefficient (Wildman–Crippen LogP) is 3.22. The van der Waals surface area contributed by atoms with Crippen LogP contribution in [-0.2, 0) is 6.42 Å². The molecule has 0 saturated heterocycles. The molecule has 1 aromatic rings. The van der Waals surface area contributed by atoms with E-state index in [1.165, 1.54) is 28.4 Å². The van der Waals surface area contributed by atoms with Crippen LogP contribution in [0.25, 0.3) is 0 Å². The normalized spacial score (nSPS) is 18.1. The van der Waals surface area contributed by atoms with Crippen molar-refractivity contribution < 1.29 is 0 Å². The number of rotatable bonds is 5. The van der Waals surface area contributed by atoms with Crippen LogP contribution >= 0.6 is 11.3 Å². The summed E-state index contributed by atoms with van der Waals surface area (Å²) in [5.41, 5.74) is 1.28. The number of hydrogen-bond acceptors (Lipinski definition) is 3. The minimum Gasteiger partial charge on any atom is -0.305 e. The van der Waals surface area contributed by atoms with Gasteiger partial charge < -0.3 is 5.32 Å². The molecule has 1 aliphatic rings. The van der Waals surface area contributed by atoms with Gasteiger partial charge >= 0.3 is 0 Å². The summed E-state index contributed by atoms with van der Waals surface area (Å²) < 4.78 is 0. The Bertz CT molecular complexity index is 328. The van der Waals surface area contributed by atoms with E-state index in [4.69, 9.17) is 4.98 Å². The Balaban J connectivity index is 2.10. The van der Waals surface area contributed by atoms with Crippen LogP contribution in [0.15, 0.2) is 0 Å². The highest BCUT2D eigenvalue weighted by molar-refractivity contribution is 7.11. The lowest BCUT2D eigenvalue weighted by Crippen LogP contribution is -2.22. The van der Waals surface area contributed by atoms with E-state index in [2.05, 4.69) is 26.1 Å². The first-order valence-electron chi connectivity index (χ1n) is 5.96. The Morgan fingerprint density at radius 1 is 1.47 bits per heavy atom. The van der Waals surface area contributed by atoms with E-state index >= 15 is 0 Å². The van der Waals surface area contributed by atoms with Crippen molar-refractivity contribution in [3.05, 3.63) is 15.6 Å². The largest absolute Gasteiger partial charge is 0.305 e. The zero-order chi connectivity index (χ0) is 10.8. The van der Waals surface area contributed by atoms with Gasteiger partial charge in [-0.2, -0.15) is 0 Å². The first-order chi connectivity index (χ1) is 7.24. The summed E-state index contributed by atoms with van der Waals surface area (Å²) in [5, 5.41) is 4.96. The Kier molecular flexibility index (Phi) is 3.42. The summed E-state index contributed by atoms with van der Waals surface area (Å²) in [6.07, 6.45) is 4.90. The third-order valence-corrected chi connectivity index (χ3v) is 4.09. The molecule has 0 radical (unpaired) electrons. The van der Waals surface area contributed by atoms with E-state index in [-0.39, 0.29) is 0 Å². The SMILES string of the molecule is CCc1nc(C(CC)NC2CC2)sc1C. The van der Waals surface area contributed by atoms with E-state index in [1.807, 2.05) is 11.3 Å². The quantitative estimate of drug-likeness (QED) is 0.830. The molecule has 1 N–H and O–H groups in total. The standard InChI is InChI=1S/C12H20N2S/c1-4-10-8(3)15-12(14-10)11(5-2)13-9-6-7-9/h9,11,13H,4-7H2,1-3H3. The predicted molar refractivity (Wildman–Crippen MR) is 65.4 cm³/mol. The number of nitrogens with one attached hydrogen (secondary N) is 1. The van der Waals surface area contributed by atoms with Crippen LogP contribution in [0.1, 0.15) is 54.7 Å². The summed E-state index contributed by atoms with van der Waals surface area (Å²) >= 11 is 1.87. The van der Waals surface area contributed by atoms with Crippen LogP contribution in [-0.4, -0.2) is 11.0 Å². The Morgan fingerprint density at radius 2 is 2.20 bits per heavy atom. The van der Waals surface area contributed by atoms with Crippen LogP contribution in [0, 0.1) is 6.92 Å². The summed E-state index contributed by atoms with van der Waals surface area (Å²) in [5.74, 6) is 0. The maximum absolute atomic E-state index is 4.74. The molecule has 1 unspecified atom stereocenters. The minimum absolute atomic E-state index is 0.487. The van der Waals surface area contributed by atoms with Gasteiger partial charge in [0.15, 0.2) is 0 Å². The first-order valence-corrected chi connectivity index (χ1v) is 6.78. The van der Waals surface area contributed by atoms with Crippen LogP contribution in [0.3, 0.4) is 0 Å². The molecule has 1 atom stereocenters. The van der Waals surface area contributed by atoms with Gasteiger partial charge in [-0.15, -0.1) is 11.3 Å². The molecular formula is C12H20N2S. The van der Waals surface area contributed by atoms with Crippen LogP contribution in [0.5, 0.6) is 0 Å². The molecule has 2 rings (SSSR count). The fraction of sp³-hybridized carbons (Fsp3) is 0.750. The summed E-state index contributed by atoms with van der Waals surface area (Å²) in [6, 6.07) is 1.26. The first kappa shape index (κ1) is 11.1. The molecular weight excluding hydrogens is 204 g/mol. The van der Waals surface area contributed by atoms with Crippen LogP contribution in [0.4, 0.5) is 0 Å². The number of aromatic nitrogens is 1. The van der Waals surface area contributed by atoms with E-state index in [1.54, 1.807) is 0 Å². The monoisotopic (exact) mass is 224 g/mol. The second-order valence-corrected chi connectivity index (χ2v) is 5.55. The van der Waals surface area contributed by atoms with Gasteiger partial charge in [-0.3, -0.25) is 0 Å². The van der Waals surface area contributed by atoms with Gasteiger partial charge in [0.05, 0.1) is 11.7 Å². The van der Waals surface area contributed by atoms with Gasteiger partial charge in [-0.05, 0) is 32.6 Å². The lowest BCUT2D eigenvalue weighted by Gasteiger charge is -2.13. The molecule has 1 aromatic heterocycles. The van der Waals surface area contributed by atoms with Crippen molar-refractivity contribution in [1.82, 2.24) is 10.3 Å². The van der Waals surface area contributed by atoms with Crippen molar-refractivity contribution in [2.45, 2.75) is 58.5 Å². The Morgan fingerprint density at radius 3 is 2.67 bits per heavy atom. The van der Waals surface area contributed by atoms with E-state index in [9.17, 15) is 0 Å². The summed E-state index contributed by atoms with van der Waals surface area (Å²) in [7, 11) is 0. The molecule has 3 heteroatoms. The zero-order valence-electron chi connectivity index (χ0n) is 9.84. The molecule has 0 bridgehead atoms. The van der Waals surface area contributed by atoms with Crippen molar-refractivity contribution in [3.63, 3.8) is 0 Å². The molecule has 84 valence electrons. The summed E-state index contributed by atoms with van der Waals surface area (Å²) in [6.45, 7) is 6.60. The van der Waals surface area contributed by atoms with Crippen LogP contribution in [0.2, 0.25) is 0 Å². The molecule has 0 aromatic carbocycles. The molecule has 0 aliphatic heterocycles. The lowest BCUT2D eigenvalue weighted by atomic mass is 10.2. The zero-order valence-corrected chi connectivity index (χ0v) is 10.7. The Labute approximate surface area is 96.1 Å². The van der Waals surface area contributed by atoms with Gasteiger partial charge in [-0.1, -0.05) is 13.8 Å². The van der Waals surface area contributed by atoms with E-state index in [0.29, 0.717) is 6.04 Å². The topological polar surface area (TPSA) is 24.9 Å². The second-order valence-electron chi connectivity index (χ2n) is 4.31. The third-order valence-electron chi connectivity index (χ3n) is 2.96. The highest BCUT2D eigenvalue weighted by atomic mass is 32.1. The van der Waals surface area contributed by atoms with Gasteiger partial charge in [0.1, 0.15) is 5.01 Å². The van der Waals surface area contributed by atoms with E-state index < -0.39 is 0 Å². The number of aryl methyl sites for hydroxylation is 2. The second kappa shape index (κ2) is 4.62. The smallest absolute Gasteiger partial charge is 0.110 e.